The molecule has 1 saturated heterocycles. The average molecular weight is 271 g/mol. The van der Waals surface area contributed by atoms with Gasteiger partial charge in [-0.15, -0.1) is 0 Å². The highest BCUT2D eigenvalue weighted by molar-refractivity contribution is 8.00. The molecule has 17 heavy (non-hydrogen) atoms. The third kappa shape index (κ3) is 3.78. The second kappa shape index (κ2) is 6.11. The summed E-state index contributed by atoms with van der Waals surface area (Å²) in [5.74, 6) is 2.24. The van der Waals surface area contributed by atoms with Crippen LogP contribution in [0.15, 0.2) is 17.4 Å². The van der Waals surface area contributed by atoms with Gasteiger partial charge in [-0.25, -0.2) is 4.98 Å². The molecule has 0 saturated carbocycles. The Bertz CT molecular complexity index is 397. The van der Waals surface area contributed by atoms with Crippen molar-refractivity contribution in [2.24, 2.45) is 0 Å². The predicted molar refractivity (Wildman–Crippen MR) is 69.9 cm³/mol. The second-order valence-corrected chi connectivity index (χ2v) is 5.72. The normalized spacial score (nSPS) is 15.9. The van der Waals surface area contributed by atoms with Crippen LogP contribution in [-0.4, -0.2) is 51.4 Å². The zero-order valence-electron chi connectivity index (χ0n) is 9.20. The minimum absolute atomic E-state index is 0.0218. The molecule has 0 aromatic carbocycles. The monoisotopic (exact) mass is 271 g/mol. The Kier molecular flexibility index (Phi) is 4.49. The third-order valence-corrected chi connectivity index (χ3v) is 4.10. The van der Waals surface area contributed by atoms with Gasteiger partial charge in [-0.1, -0.05) is 11.8 Å². The number of carboxylic acids is 1. The summed E-state index contributed by atoms with van der Waals surface area (Å²) in [5.41, 5.74) is 0. The molecule has 0 bridgehead atoms. The summed E-state index contributed by atoms with van der Waals surface area (Å²) in [7, 11) is 0. The van der Waals surface area contributed by atoms with E-state index in [0.717, 1.165) is 30.4 Å². The van der Waals surface area contributed by atoms with E-state index in [4.69, 9.17) is 5.11 Å². The number of aromatic nitrogens is 2. The van der Waals surface area contributed by atoms with E-state index in [9.17, 15) is 4.79 Å². The largest absolute Gasteiger partial charge is 0.481 e. The third-order valence-electron chi connectivity index (χ3n) is 2.28. The molecule has 1 N–H and O–H groups in total. The summed E-state index contributed by atoms with van der Waals surface area (Å²) in [5, 5.41) is 9.28. The van der Waals surface area contributed by atoms with Crippen LogP contribution in [0.4, 0.5) is 5.82 Å². The van der Waals surface area contributed by atoms with Crippen LogP contribution in [0.25, 0.3) is 0 Å². The van der Waals surface area contributed by atoms with Crippen molar-refractivity contribution in [3.05, 3.63) is 12.4 Å². The van der Waals surface area contributed by atoms with Gasteiger partial charge in [0.25, 0.3) is 0 Å². The molecule has 0 atom stereocenters. The minimum atomic E-state index is -0.837. The van der Waals surface area contributed by atoms with E-state index in [1.807, 2.05) is 11.8 Å². The molecule has 1 fully saturated rings. The van der Waals surface area contributed by atoms with Gasteiger partial charge in [0.05, 0.1) is 18.1 Å². The molecule has 92 valence electrons. The summed E-state index contributed by atoms with van der Waals surface area (Å²) in [6.07, 6.45) is 3.34. The van der Waals surface area contributed by atoms with Crippen LogP contribution >= 0.6 is 23.5 Å². The first-order chi connectivity index (χ1) is 8.25. The molecule has 1 aromatic rings. The van der Waals surface area contributed by atoms with Crippen molar-refractivity contribution in [1.29, 1.82) is 0 Å². The van der Waals surface area contributed by atoms with Crippen molar-refractivity contribution >= 4 is 35.3 Å². The number of nitrogens with zero attached hydrogens (tertiary/aromatic N) is 3. The quantitative estimate of drug-likeness (QED) is 0.825. The van der Waals surface area contributed by atoms with Gasteiger partial charge < -0.3 is 10.0 Å². The zero-order chi connectivity index (χ0) is 12.1. The highest BCUT2D eigenvalue weighted by Gasteiger charge is 2.13. The van der Waals surface area contributed by atoms with Crippen LogP contribution in [0.5, 0.6) is 0 Å². The summed E-state index contributed by atoms with van der Waals surface area (Å²) < 4.78 is 0. The van der Waals surface area contributed by atoms with E-state index < -0.39 is 5.97 Å². The fourth-order valence-corrected chi connectivity index (χ4v) is 2.96. The smallest absolute Gasteiger partial charge is 0.313 e. The molecule has 1 aliphatic heterocycles. The van der Waals surface area contributed by atoms with Crippen molar-refractivity contribution in [1.82, 2.24) is 9.97 Å². The molecule has 0 radical (unpaired) electrons. The van der Waals surface area contributed by atoms with Crippen LogP contribution in [0.3, 0.4) is 0 Å². The SMILES string of the molecule is O=C(O)CSc1cncc(N2CCSCC2)n1. The topological polar surface area (TPSA) is 66.3 Å². The first-order valence-electron chi connectivity index (χ1n) is 5.25. The molecule has 0 unspecified atom stereocenters. The number of carbonyl (C=O) groups is 1. The molecule has 5 nitrogen and oxygen atoms in total. The molecule has 0 aliphatic carbocycles. The highest BCUT2D eigenvalue weighted by atomic mass is 32.2. The Morgan fingerprint density at radius 1 is 1.47 bits per heavy atom. The number of hydrogen-bond acceptors (Lipinski definition) is 6. The van der Waals surface area contributed by atoms with E-state index in [2.05, 4.69) is 14.9 Å². The van der Waals surface area contributed by atoms with Gasteiger partial charge in [-0.3, -0.25) is 9.78 Å². The molecular formula is C10H13N3O2S2. The van der Waals surface area contributed by atoms with Crippen LogP contribution in [-0.2, 0) is 4.79 Å². The van der Waals surface area contributed by atoms with Gasteiger partial charge in [-0.2, -0.15) is 11.8 Å². The Labute approximate surface area is 108 Å². The van der Waals surface area contributed by atoms with Crippen molar-refractivity contribution in [2.75, 3.05) is 35.2 Å². The van der Waals surface area contributed by atoms with E-state index in [1.54, 1.807) is 12.4 Å². The van der Waals surface area contributed by atoms with E-state index in [0.29, 0.717) is 5.03 Å². The number of rotatable bonds is 4. The van der Waals surface area contributed by atoms with Crippen molar-refractivity contribution in [3.63, 3.8) is 0 Å². The first kappa shape index (κ1) is 12.5. The van der Waals surface area contributed by atoms with Gasteiger partial charge in [0.1, 0.15) is 10.8 Å². The Balaban J connectivity index is 2.02. The average Bonchev–Trinajstić information content (AvgIpc) is 2.38. The highest BCUT2D eigenvalue weighted by Crippen LogP contribution is 2.20. The standard InChI is InChI=1S/C10H13N3O2S2/c14-10(15)7-17-9-6-11-5-8(12-9)13-1-3-16-4-2-13/h5-6H,1-4,7H2,(H,14,15). The number of carboxylic acid groups (broad SMARTS) is 1. The summed E-state index contributed by atoms with van der Waals surface area (Å²) in [4.78, 5) is 21.2. The lowest BCUT2D eigenvalue weighted by Gasteiger charge is -2.27. The molecule has 0 spiro atoms. The lowest BCUT2D eigenvalue weighted by Crippen LogP contribution is -2.33. The van der Waals surface area contributed by atoms with Crippen molar-refractivity contribution in [2.45, 2.75) is 5.03 Å². The lowest BCUT2D eigenvalue weighted by atomic mass is 10.5. The molecule has 2 heterocycles. The van der Waals surface area contributed by atoms with Crippen LogP contribution in [0.2, 0.25) is 0 Å². The summed E-state index contributed by atoms with van der Waals surface area (Å²) >= 11 is 3.14. The maximum absolute atomic E-state index is 10.5. The van der Waals surface area contributed by atoms with Crippen LogP contribution < -0.4 is 4.90 Å². The maximum atomic E-state index is 10.5. The fourth-order valence-electron chi connectivity index (χ4n) is 1.49. The molecule has 7 heteroatoms. The van der Waals surface area contributed by atoms with Gasteiger partial charge >= 0.3 is 5.97 Å². The molecule has 0 amide bonds. The fraction of sp³-hybridized carbons (Fsp3) is 0.500. The Morgan fingerprint density at radius 2 is 2.24 bits per heavy atom. The van der Waals surface area contributed by atoms with Crippen LogP contribution in [0.1, 0.15) is 0 Å². The number of aliphatic carboxylic acids is 1. The number of anilines is 1. The Morgan fingerprint density at radius 3 is 2.94 bits per heavy atom. The van der Waals surface area contributed by atoms with Gasteiger partial charge in [0, 0.05) is 24.6 Å². The predicted octanol–water partition coefficient (Wildman–Crippen LogP) is 1.21. The summed E-state index contributed by atoms with van der Waals surface area (Å²) in [6, 6.07) is 0. The molecular weight excluding hydrogens is 258 g/mol. The van der Waals surface area contributed by atoms with Gasteiger partial charge in [0.15, 0.2) is 0 Å². The van der Waals surface area contributed by atoms with Crippen molar-refractivity contribution in [3.8, 4) is 0 Å². The molecule has 1 aromatic heterocycles. The molecule has 1 aliphatic rings. The second-order valence-electron chi connectivity index (χ2n) is 3.50. The van der Waals surface area contributed by atoms with Gasteiger partial charge in [0.2, 0.25) is 0 Å². The number of hydrogen-bond donors (Lipinski definition) is 1. The van der Waals surface area contributed by atoms with E-state index in [1.165, 1.54) is 11.8 Å². The maximum Gasteiger partial charge on any atom is 0.313 e. The number of thioether (sulfide) groups is 2. The Hall–Kier alpha value is -0.950. The van der Waals surface area contributed by atoms with Crippen molar-refractivity contribution < 1.29 is 9.90 Å². The zero-order valence-corrected chi connectivity index (χ0v) is 10.8. The molecule has 2 rings (SSSR count). The van der Waals surface area contributed by atoms with Crippen LogP contribution in [0, 0.1) is 0 Å². The van der Waals surface area contributed by atoms with E-state index in [-0.39, 0.29) is 5.75 Å². The lowest BCUT2D eigenvalue weighted by molar-refractivity contribution is -0.133. The first-order valence-corrected chi connectivity index (χ1v) is 7.39. The van der Waals surface area contributed by atoms with E-state index >= 15 is 0 Å². The summed E-state index contributed by atoms with van der Waals surface area (Å²) in [6.45, 7) is 1.96. The minimum Gasteiger partial charge on any atom is -0.481 e. The van der Waals surface area contributed by atoms with Gasteiger partial charge in [-0.05, 0) is 0 Å².